The first-order valence-corrected chi connectivity index (χ1v) is 9.41. The van der Waals surface area contributed by atoms with Crippen LogP contribution in [-0.2, 0) is 6.42 Å². The number of hydrogen-bond acceptors (Lipinski definition) is 5. The number of nitrogens with one attached hydrogen (secondary N) is 1. The highest BCUT2D eigenvalue weighted by Crippen LogP contribution is 2.25. The van der Waals surface area contributed by atoms with Gasteiger partial charge in [0, 0.05) is 11.3 Å². The topological polar surface area (TPSA) is 55.2 Å². The molecule has 0 amide bonds. The number of aromatic nitrogens is 3. The maximum atomic E-state index is 5.51. The Morgan fingerprint density at radius 1 is 1.46 bits per heavy atom. The second-order valence-corrected chi connectivity index (χ2v) is 7.15. The molecule has 0 aliphatic heterocycles. The molecule has 0 aliphatic rings. The van der Waals surface area contributed by atoms with Crippen LogP contribution in [0.25, 0.3) is 0 Å². The normalized spacial score (nSPS) is 11.2. The smallest absolute Gasteiger partial charge is 0.216 e. The minimum atomic E-state index is 0.475. The molecule has 1 N–H and O–H groups in total. The van der Waals surface area contributed by atoms with Gasteiger partial charge in [-0.2, -0.15) is 14.9 Å². The minimum Gasteiger partial charge on any atom is -0.493 e. The molecule has 1 aromatic carbocycles. The van der Waals surface area contributed by atoms with E-state index in [9.17, 15) is 0 Å². The summed E-state index contributed by atoms with van der Waals surface area (Å²) >= 11 is 10.5. The van der Waals surface area contributed by atoms with Gasteiger partial charge in [-0.25, -0.2) is 0 Å². The van der Waals surface area contributed by atoms with Gasteiger partial charge >= 0.3 is 0 Å². The third-order valence-electron chi connectivity index (χ3n) is 3.21. The predicted octanol–water partition coefficient (Wildman–Crippen LogP) is 4.64. The van der Waals surface area contributed by atoms with Gasteiger partial charge in [0.15, 0.2) is 5.82 Å². The zero-order valence-electron chi connectivity index (χ0n) is 12.9. The van der Waals surface area contributed by atoms with E-state index in [2.05, 4.69) is 37.3 Å². The molecular formula is C16H15BrN4OS2. The van der Waals surface area contributed by atoms with Gasteiger partial charge in [-0.1, -0.05) is 6.07 Å². The molecule has 0 fully saturated rings. The molecule has 0 radical (unpaired) electrons. The number of ether oxygens (including phenoxy) is 1. The standard InChI is InChI=1S/C16H15BrN4OS2/c1-2-22-14-6-5-11(8-13(14)17)10-18-21-15(19-20-16(21)23)9-12-4-3-7-24-12/h3-8,10H,2,9H2,1H3,(H,20,23)/b18-10-. The maximum absolute atomic E-state index is 5.51. The summed E-state index contributed by atoms with van der Waals surface area (Å²) < 4.78 is 8.53. The molecule has 3 aromatic rings. The van der Waals surface area contributed by atoms with E-state index in [1.165, 1.54) is 4.88 Å². The number of rotatable bonds is 6. The number of halogens is 1. The van der Waals surface area contributed by atoms with Crippen molar-refractivity contribution in [2.75, 3.05) is 6.61 Å². The SMILES string of the molecule is CCOc1ccc(/C=N\n2c(Cc3cccs3)n[nH]c2=S)cc1Br. The maximum Gasteiger partial charge on any atom is 0.216 e. The lowest BCUT2D eigenvalue weighted by Crippen LogP contribution is -1.99. The lowest BCUT2D eigenvalue weighted by molar-refractivity contribution is 0.338. The van der Waals surface area contributed by atoms with Crippen LogP contribution in [0.3, 0.4) is 0 Å². The van der Waals surface area contributed by atoms with Gasteiger partial charge in [-0.15, -0.1) is 11.3 Å². The molecule has 0 saturated heterocycles. The molecule has 0 atom stereocenters. The zero-order chi connectivity index (χ0) is 16.9. The van der Waals surface area contributed by atoms with E-state index in [1.54, 1.807) is 22.2 Å². The van der Waals surface area contributed by atoms with E-state index in [0.717, 1.165) is 21.6 Å². The third-order valence-corrected chi connectivity index (χ3v) is 4.97. The van der Waals surface area contributed by atoms with E-state index < -0.39 is 0 Å². The van der Waals surface area contributed by atoms with Gasteiger partial charge < -0.3 is 4.74 Å². The summed E-state index contributed by atoms with van der Waals surface area (Å²) in [5.74, 6) is 1.59. The molecule has 2 aromatic heterocycles. The fourth-order valence-corrected chi connectivity index (χ4v) is 3.53. The summed E-state index contributed by atoms with van der Waals surface area (Å²) in [7, 11) is 0. The molecule has 0 spiro atoms. The van der Waals surface area contributed by atoms with Gasteiger partial charge in [0.05, 0.1) is 17.3 Å². The molecule has 0 aliphatic carbocycles. The summed E-state index contributed by atoms with van der Waals surface area (Å²) in [5, 5.41) is 13.6. The molecule has 24 heavy (non-hydrogen) atoms. The molecule has 8 heteroatoms. The monoisotopic (exact) mass is 422 g/mol. The Balaban J connectivity index is 1.83. The molecule has 0 saturated carbocycles. The number of nitrogens with zero attached hydrogens (tertiary/aromatic N) is 3. The number of thiophene rings is 1. The lowest BCUT2D eigenvalue weighted by atomic mass is 10.2. The van der Waals surface area contributed by atoms with E-state index in [0.29, 0.717) is 17.8 Å². The number of H-pyrrole nitrogens is 1. The first kappa shape index (κ1) is 17.1. The lowest BCUT2D eigenvalue weighted by Gasteiger charge is -2.06. The van der Waals surface area contributed by atoms with Crippen LogP contribution < -0.4 is 4.74 Å². The average Bonchev–Trinajstić information content (AvgIpc) is 3.19. The van der Waals surface area contributed by atoms with E-state index >= 15 is 0 Å². The zero-order valence-corrected chi connectivity index (χ0v) is 16.1. The van der Waals surface area contributed by atoms with Crippen LogP contribution in [0.4, 0.5) is 0 Å². The van der Waals surface area contributed by atoms with Gasteiger partial charge in [0.1, 0.15) is 5.75 Å². The average molecular weight is 423 g/mol. The summed E-state index contributed by atoms with van der Waals surface area (Å²) in [6.45, 7) is 2.58. The van der Waals surface area contributed by atoms with Crippen molar-refractivity contribution in [2.24, 2.45) is 5.10 Å². The Bertz CT molecular complexity index is 899. The Morgan fingerprint density at radius 3 is 3.04 bits per heavy atom. The van der Waals surface area contributed by atoms with Crippen molar-refractivity contribution in [2.45, 2.75) is 13.3 Å². The van der Waals surface area contributed by atoms with Crippen LogP contribution in [0.15, 0.2) is 45.3 Å². The van der Waals surface area contributed by atoms with Crippen LogP contribution in [0.5, 0.6) is 5.75 Å². The highest BCUT2D eigenvalue weighted by Gasteiger charge is 2.07. The quantitative estimate of drug-likeness (QED) is 0.464. The summed E-state index contributed by atoms with van der Waals surface area (Å²) in [6.07, 6.45) is 2.44. The first-order valence-electron chi connectivity index (χ1n) is 7.32. The highest BCUT2D eigenvalue weighted by molar-refractivity contribution is 9.10. The number of hydrogen-bond donors (Lipinski definition) is 1. The van der Waals surface area contributed by atoms with E-state index in [4.69, 9.17) is 17.0 Å². The van der Waals surface area contributed by atoms with Gasteiger partial charge in [-0.05, 0) is 70.3 Å². The van der Waals surface area contributed by atoms with Crippen molar-refractivity contribution in [3.8, 4) is 5.75 Å². The summed E-state index contributed by atoms with van der Waals surface area (Å²) in [4.78, 5) is 1.21. The van der Waals surface area contributed by atoms with Crippen LogP contribution in [-0.4, -0.2) is 27.7 Å². The fourth-order valence-electron chi connectivity index (χ4n) is 2.12. The predicted molar refractivity (Wildman–Crippen MR) is 103 cm³/mol. The van der Waals surface area contributed by atoms with Crippen molar-refractivity contribution >= 4 is 45.7 Å². The molecule has 0 bridgehead atoms. The number of benzene rings is 1. The van der Waals surface area contributed by atoms with Crippen LogP contribution in [0.2, 0.25) is 0 Å². The Labute approximate surface area is 157 Å². The minimum absolute atomic E-state index is 0.475. The van der Waals surface area contributed by atoms with Gasteiger partial charge in [0.2, 0.25) is 4.77 Å². The van der Waals surface area contributed by atoms with Crippen molar-refractivity contribution in [3.05, 3.63) is 61.2 Å². The Kier molecular flexibility index (Phi) is 5.60. The summed E-state index contributed by atoms with van der Waals surface area (Å²) in [5.41, 5.74) is 0.940. The molecule has 3 rings (SSSR count). The Morgan fingerprint density at radius 2 is 2.33 bits per heavy atom. The van der Waals surface area contributed by atoms with Gasteiger partial charge in [0.25, 0.3) is 0 Å². The summed E-state index contributed by atoms with van der Waals surface area (Å²) in [6, 6.07) is 9.90. The molecule has 5 nitrogen and oxygen atoms in total. The second-order valence-electron chi connectivity index (χ2n) is 4.88. The van der Waals surface area contributed by atoms with Crippen LogP contribution >= 0.6 is 39.5 Å². The molecule has 124 valence electrons. The molecule has 2 heterocycles. The molecule has 0 unspecified atom stereocenters. The highest BCUT2D eigenvalue weighted by atomic mass is 79.9. The van der Waals surface area contributed by atoms with Crippen LogP contribution in [0, 0.1) is 4.77 Å². The van der Waals surface area contributed by atoms with E-state index in [-0.39, 0.29) is 0 Å². The van der Waals surface area contributed by atoms with Crippen molar-refractivity contribution in [3.63, 3.8) is 0 Å². The Hall–Kier alpha value is -1.77. The van der Waals surface area contributed by atoms with Gasteiger partial charge in [-0.3, -0.25) is 5.10 Å². The van der Waals surface area contributed by atoms with Crippen molar-refractivity contribution in [1.29, 1.82) is 0 Å². The van der Waals surface area contributed by atoms with Crippen molar-refractivity contribution in [1.82, 2.24) is 14.9 Å². The molecular weight excluding hydrogens is 408 g/mol. The van der Waals surface area contributed by atoms with E-state index in [1.807, 2.05) is 36.6 Å². The van der Waals surface area contributed by atoms with Crippen molar-refractivity contribution < 1.29 is 4.74 Å². The largest absolute Gasteiger partial charge is 0.493 e. The fraction of sp³-hybridized carbons (Fsp3) is 0.188. The first-order chi connectivity index (χ1) is 11.7. The third kappa shape index (κ3) is 4.00. The van der Waals surface area contributed by atoms with Crippen LogP contribution in [0.1, 0.15) is 23.2 Å². The number of aromatic amines is 1. The second kappa shape index (κ2) is 7.87.